The van der Waals surface area contributed by atoms with Crippen molar-refractivity contribution in [3.05, 3.63) is 35.4 Å². The van der Waals surface area contributed by atoms with Crippen molar-refractivity contribution in [2.45, 2.75) is 19.3 Å². The van der Waals surface area contributed by atoms with Gasteiger partial charge >= 0.3 is 0 Å². The molecule has 2 heteroatoms. The van der Waals surface area contributed by atoms with Gasteiger partial charge < -0.3 is 0 Å². The van der Waals surface area contributed by atoms with E-state index >= 15 is 0 Å². The molecule has 0 aliphatic heterocycles. The fourth-order valence-electron chi connectivity index (χ4n) is 1.22. The van der Waals surface area contributed by atoms with E-state index in [1.807, 2.05) is 24.3 Å². The van der Waals surface area contributed by atoms with E-state index in [0.717, 1.165) is 6.42 Å². The quantitative estimate of drug-likeness (QED) is 0.676. The normalized spacial score (nSPS) is 12.1. The monoisotopic (exact) mass is 193 g/mol. The Morgan fingerprint density at radius 3 is 2.46 bits per heavy atom. The van der Waals surface area contributed by atoms with Crippen molar-refractivity contribution < 1.29 is 0 Å². The predicted molar refractivity (Wildman–Crippen MR) is 54.9 cm³/mol. The Morgan fingerprint density at radius 1 is 1.38 bits per heavy atom. The maximum Gasteiger partial charge on any atom is 0.0991 e. The fourth-order valence-corrected chi connectivity index (χ4v) is 1.54. The van der Waals surface area contributed by atoms with Gasteiger partial charge in [0.15, 0.2) is 0 Å². The Balaban J connectivity index is 2.75. The summed E-state index contributed by atoms with van der Waals surface area (Å²) in [7, 11) is 0. The molecule has 0 fully saturated rings. The molecule has 1 aromatic rings. The molecule has 0 saturated carbocycles. The van der Waals surface area contributed by atoms with E-state index in [-0.39, 0.29) is 0 Å². The van der Waals surface area contributed by atoms with Gasteiger partial charge in [-0.05, 0) is 30.0 Å². The van der Waals surface area contributed by atoms with Crippen molar-refractivity contribution in [1.82, 2.24) is 0 Å². The summed E-state index contributed by atoms with van der Waals surface area (Å²) in [5.41, 5.74) is 1.96. The molecule has 0 N–H and O–H groups in total. The number of halogens is 1. The van der Waals surface area contributed by atoms with E-state index in [2.05, 4.69) is 13.0 Å². The second-order valence-electron chi connectivity index (χ2n) is 3.11. The van der Waals surface area contributed by atoms with Crippen molar-refractivity contribution in [3.63, 3.8) is 0 Å². The Morgan fingerprint density at radius 2 is 2.00 bits per heavy atom. The lowest BCUT2D eigenvalue weighted by atomic mass is 9.98. The van der Waals surface area contributed by atoms with Crippen molar-refractivity contribution in [1.29, 1.82) is 5.26 Å². The first-order valence-corrected chi connectivity index (χ1v) is 4.87. The molecule has 0 saturated heterocycles. The van der Waals surface area contributed by atoms with Crippen LogP contribution in [-0.4, -0.2) is 5.88 Å². The number of hydrogen-bond donors (Lipinski definition) is 0. The molecule has 0 radical (unpaired) electrons. The Hall–Kier alpha value is -1.00. The number of nitrogens with zero attached hydrogens (tertiary/aromatic N) is 1. The Labute approximate surface area is 84.0 Å². The first-order valence-electron chi connectivity index (χ1n) is 4.34. The van der Waals surface area contributed by atoms with Gasteiger partial charge in [0, 0.05) is 5.88 Å². The standard InChI is InChI=1S/C11H12ClN/c1-9(6-7-12)11-4-2-10(8-13)3-5-11/h2-5,9H,6-7H2,1H3. The molecule has 0 aliphatic carbocycles. The van der Waals surface area contributed by atoms with E-state index in [1.165, 1.54) is 5.56 Å². The lowest BCUT2D eigenvalue weighted by Crippen LogP contribution is -1.93. The first kappa shape index (κ1) is 10.1. The second kappa shape index (κ2) is 4.89. The molecular formula is C11H12ClN. The molecular weight excluding hydrogens is 182 g/mol. The van der Waals surface area contributed by atoms with Crippen molar-refractivity contribution >= 4 is 11.6 Å². The van der Waals surface area contributed by atoms with Gasteiger partial charge in [-0.2, -0.15) is 5.26 Å². The van der Waals surface area contributed by atoms with E-state index < -0.39 is 0 Å². The molecule has 0 aliphatic rings. The van der Waals surface area contributed by atoms with Gasteiger partial charge in [-0.15, -0.1) is 11.6 Å². The number of hydrogen-bond acceptors (Lipinski definition) is 1. The number of alkyl halides is 1. The first-order chi connectivity index (χ1) is 6.27. The van der Waals surface area contributed by atoms with Crippen molar-refractivity contribution in [2.24, 2.45) is 0 Å². The molecule has 1 atom stereocenters. The minimum Gasteiger partial charge on any atom is -0.192 e. The van der Waals surface area contributed by atoms with Crippen LogP contribution in [0, 0.1) is 11.3 Å². The zero-order valence-electron chi connectivity index (χ0n) is 7.63. The lowest BCUT2D eigenvalue weighted by molar-refractivity contribution is 0.738. The Kier molecular flexibility index (Phi) is 3.79. The zero-order chi connectivity index (χ0) is 9.68. The molecule has 1 rings (SSSR count). The van der Waals surface area contributed by atoms with Crippen LogP contribution >= 0.6 is 11.6 Å². The number of benzene rings is 1. The van der Waals surface area contributed by atoms with Crippen LogP contribution in [0.1, 0.15) is 30.4 Å². The minimum absolute atomic E-state index is 0.477. The maximum absolute atomic E-state index is 8.60. The van der Waals surface area contributed by atoms with Gasteiger partial charge in [0.1, 0.15) is 0 Å². The zero-order valence-corrected chi connectivity index (χ0v) is 8.38. The summed E-state index contributed by atoms with van der Waals surface area (Å²) < 4.78 is 0. The van der Waals surface area contributed by atoms with E-state index in [0.29, 0.717) is 17.4 Å². The smallest absolute Gasteiger partial charge is 0.0991 e. The molecule has 0 amide bonds. The van der Waals surface area contributed by atoms with E-state index in [9.17, 15) is 0 Å². The van der Waals surface area contributed by atoms with Crippen molar-refractivity contribution in [2.75, 3.05) is 5.88 Å². The van der Waals surface area contributed by atoms with Crippen LogP contribution in [0.2, 0.25) is 0 Å². The largest absolute Gasteiger partial charge is 0.192 e. The highest BCUT2D eigenvalue weighted by Gasteiger charge is 2.03. The van der Waals surface area contributed by atoms with Gasteiger partial charge in [-0.25, -0.2) is 0 Å². The average molecular weight is 194 g/mol. The molecule has 0 aromatic heterocycles. The fraction of sp³-hybridized carbons (Fsp3) is 0.364. The van der Waals surface area contributed by atoms with Crippen LogP contribution < -0.4 is 0 Å². The minimum atomic E-state index is 0.477. The van der Waals surface area contributed by atoms with Gasteiger partial charge in [0.2, 0.25) is 0 Å². The van der Waals surface area contributed by atoms with Crippen LogP contribution in [0.15, 0.2) is 24.3 Å². The highest BCUT2D eigenvalue weighted by molar-refractivity contribution is 6.17. The van der Waals surface area contributed by atoms with E-state index in [4.69, 9.17) is 16.9 Å². The molecule has 1 nitrogen and oxygen atoms in total. The topological polar surface area (TPSA) is 23.8 Å². The molecule has 0 spiro atoms. The van der Waals surface area contributed by atoms with Gasteiger partial charge in [0.05, 0.1) is 11.6 Å². The summed E-state index contributed by atoms with van der Waals surface area (Å²) in [5.74, 6) is 1.16. The number of rotatable bonds is 3. The third-order valence-electron chi connectivity index (χ3n) is 2.15. The SMILES string of the molecule is CC(CCCl)c1ccc(C#N)cc1. The molecule has 13 heavy (non-hydrogen) atoms. The molecule has 68 valence electrons. The summed E-state index contributed by atoms with van der Waals surface area (Å²) >= 11 is 5.65. The van der Waals surface area contributed by atoms with Crippen LogP contribution in [0.3, 0.4) is 0 Å². The Bertz CT molecular complexity index is 297. The molecule has 0 heterocycles. The second-order valence-corrected chi connectivity index (χ2v) is 3.49. The molecule has 1 unspecified atom stereocenters. The molecule has 1 aromatic carbocycles. The summed E-state index contributed by atoms with van der Waals surface area (Å²) in [6, 6.07) is 9.79. The summed E-state index contributed by atoms with van der Waals surface area (Å²) in [5, 5.41) is 8.60. The maximum atomic E-state index is 8.60. The highest BCUT2D eigenvalue weighted by Crippen LogP contribution is 2.19. The highest BCUT2D eigenvalue weighted by atomic mass is 35.5. The van der Waals surface area contributed by atoms with Gasteiger partial charge in [-0.1, -0.05) is 19.1 Å². The third kappa shape index (κ3) is 2.75. The average Bonchev–Trinajstić information content (AvgIpc) is 2.18. The van der Waals surface area contributed by atoms with E-state index in [1.54, 1.807) is 0 Å². The number of nitriles is 1. The van der Waals surface area contributed by atoms with Gasteiger partial charge in [-0.3, -0.25) is 0 Å². The van der Waals surface area contributed by atoms with Crippen LogP contribution in [0.4, 0.5) is 0 Å². The summed E-state index contributed by atoms with van der Waals surface area (Å²) in [6.07, 6.45) is 0.980. The summed E-state index contributed by atoms with van der Waals surface area (Å²) in [4.78, 5) is 0. The predicted octanol–water partition coefficient (Wildman–Crippen LogP) is 3.29. The van der Waals surface area contributed by atoms with Crippen LogP contribution in [-0.2, 0) is 0 Å². The van der Waals surface area contributed by atoms with Crippen LogP contribution in [0.5, 0.6) is 0 Å². The molecule has 0 bridgehead atoms. The summed E-state index contributed by atoms with van der Waals surface area (Å²) in [6.45, 7) is 2.14. The lowest BCUT2D eigenvalue weighted by Gasteiger charge is -2.08. The van der Waals surface area contributed by atoms with Crippen LogP contribution in [0.25, 0.3) is 0 Å². The van der Waals surface area contributed by atoms with Crippen molar-refractivity contribution in [3.8, 4) is 6.07 Å². The van der Waals surface area contributed by atoms with Gasteiger partial charge in [0.25, 0.3) is 0 Å². The third-order valence-corrected chi connectivity index (χ3v) is 2.37.